The number of ether oxygens (including phenoxy) is 1. The molecule has 0 heterocycles. The minimum absolute atomic E-state index is 0.0317. The second-order valence-corrected chi connectivity index (χ2v) is 5.67. The Kier molecular flexibility index (Phi) is 4.75. The van der Waals surface area contributed by atoms with Crippen LogP contribution in [0.3, 0.4) is 0 Å². The number of hydrogen-bond donors (Lipinski definition) is 1. The Morgan fingerprint density at radius 1 is 1.37 bits per heavy atom. The first-order chi connectivity index (χ1) is 8.76. The van der Waals surface area contributed by atoms with Gasteiger partial charge in [0.25, 0.3) is 5.69 Å². The highest BCUT2D eigenvalue weighted by atomic mass is 16.6. The molecule has 1 aromatic carbocycles. The first kappa shape index (κ1) is 15.3. The fourth-order valence-corrected chi connectivity index (χ4v) is 1.44. The Hall–Kier alpha value is -1.78. The van der Waals surface area contributed by atoms with E-state index in [1.165, 1.54) is 19.2 Å². The molecule has 0 radical (unpaired) electrons. The first-order valence-electron chi connectivity index (χ1n) is 6.33. The zero-order valence-electron chi connectivity index (χ0n) is 12.2. The summed E-state index contributed by atoms with van der Waals surface area (Å²) in [6.45, 7) is 9.40. The van der Waals surface area contributed by atoms with Gasteiger partial charge in [-0.05, 0) is 11.3 Å². The molecule has 0 saturated heterocycles. The number of anilines is 1. The smallest absolute Gasteiger partial charge is 0.275 e. The Morgan fingerprint density at radius 3 is 2.47 bits per heavy atom. The van der Waals surface area contributed by atoms with E-state index in [0.29, 0.717) is 17.4 Å². The van der Waals surface area contributed by atoms with E-state index in [4.69, 9.17) is 4.74 Å². The lowest BCUT2D eigenvalue weighted by atomic mass is 9.81. The summed E-state index contributed by atoms with van der Waals surface area (Å²) >= 11 is 0. The van der Waals surface area contributed by atoms with Gasteiger partial charge in [-0.2, -0.15) is 0 Å². The third-order valence-electron chi connectivity index (χ3n) is 3.65. The summed E-state index contributed by atoms with van der Waals surface area (Å²) in [4.78, 5) is 10.4. The molecule has 0 saturated carbocycles. The van der Waals surface area contributed by atoms with Crippen molar-refractivity contribution < 1.29 is 9.66 Å². The van der Waals surface area contributed by atoms with E-state index in [1.807, 2.05) is 0 Å². The van der Waals surface area contributed by atoms with Crippen LogP contribution in [0.25, 0.3) is 0 Å². The van der Waals surface area contributed by atoms with Crippen molar-refractivity contribution in [2.24, 2.45) is 11.3 Å². The summed E-state index contributed by atoms with van der Waals surface area (Å²) in [5.41, 5.74) is 0.849. The van der Waals surface area contributed by atoms with Crippen LogP contribution in [-0.4, -0.2) is 18.6 Å². The van der Waals surface area contributed by atoms with Crippen LogP contribution in [0, 0.1) is 21.4 Å². The molecule has 1 rings (SSSR count). The molecule has 106 valence electrons. The Bertz CT molecular complexity index is 456. The molecule has 5 heteroatoms. The predicted octanol–water partition coefficient (Wildman–Crippen LogP) is 3.70. The average Bonchev–Trinajstić information content (AvgIpc) is 2.35. The second-order valence-electron chi connectivity index (χ2n) is 5.67. The van der Waals surface area contributed by atoms with Gasteiger partial charge in [0.15, 0.2) is 0 Å². The highest BCUT2D eigenvalue weighted by Gasteiger charge is 2.22. The molecule has 1 N–H and O–H groups in total. The second kappa shape index (κ2) is 5.91. The van der Waals surface area contributed by atoms with E-state index < -0.39 is 4.92 Å². The predicted molar refractivity (Wildman–Crippen MR) is 76.8 cm³/mol. The van der Waals surface area contributed by atoms with Gasteiger partial charge >= 0.3 is 0 Å². The van der Waals surface area contributed by atoms with Gasteiger partial charge in [0.2, 0.25) is 0 Å². The van der Waals surface area contributed by atoms with Gasteiger partial charge < -0.3 is 10.1 Å². The Labute approximate surface area is 114 Å². The van der Waals surface area contributed by atoms with Crippen LogP contribution in [0.2, 0.25) is 0 Å². The highest BCUT2D eigenvalue weighted by molar-refractivity contribution is 5.56. The zero-order chi connectivity index (χ0) is 14.6. The lowest BCUT2D eigenvalue weighted by molar-refractivity contribution is -0.384. The summed E-state index contributed by atoms with van der Waals surface area (Å²) < 4.78 is 5.08. The van der Waals surface area contributed by atoms with E-state index in [0.717, 1.165) is 6.54 Å². The van der Waals surface area contributed by atoms with Crippen molar-refractivity contribution in [3.8, 4) is 5.75 Å². The maximum absolute atomic E-state index is 10.9. The number of nitrogens with zero attached hydrogens (tertiary/aromatic N) is 1. The molecule has 1 aromatic rings. The number of methoxy groups -OCH3 is 1. The van der Waals surface area contributed by atoms with E-state index in [9.17, 15) is 10.1 Å². The van der Waals surface area contributed by atoms with Crippen molar-refractivity contribution in [3.05, 3.63) is 28.3 Å². The number of nitrogens with one attached hydrogen (secondary N) is 1. The monoisotopic (exact) mass is 266 g/mol. The van der Waals surface area contributed by atoms with E-state index in [1.54, 1.807) is 6.07 Å². The standard InChI is InChI=1S/C14H22N2O3/c1-10(2)14(3,4)9-15-11-6-12(16(17)18)8-13(7-11)19-5/h6-8,10,15H,9H2,1-5H3. The molecule has 19 heavy (non-hydrogen) atoms. The molecule has 0 aliphatic heterocycles. The van der Waals surface area contributed by atoms with Gasteiger partial charge in [0.05, 0.1) is 18.1 Å². The van der Waals surface area contributed by atoms with Gasteiger partial charge in [-0.15, -0.1) is 0 Å². The third kappa shape index (κ3) is 4.12. The minimum Gasteiger partial charge on any atom is -0.496 e. The molecule has 0 atom stereocenters. The van der Waals surface area contributed by atoms with Crippen LogP contribution >= 0.6 is 0 Å². The molecule has 0 unspecified atom stereocenters. The van der Waals surface area contributed by atoms with Crippen molar-refractivity contribution >= 4 is 11.4 Å². The van der Waals surface area contributed by atoms with Crippen molar-refractivity contribution in [2.45, 2.75) is 27.7 Å². The van der Waals surface area contributed by atoms with Crippen molar-refractivity contribution in [1.29, 1.82) is 0 Å². The van der Waals surface area contributed by atoms with Crippen LogP contribution in [0.15, 0.2) is 18.2 Å². The largest absolute Gasteiger partial charge is 0.496 e. The van der Waals surface area contributed by atoms with Crippen molar-refractivity contribution in [1.82, 2.24) is 0 Å². The maximum Gasteiger partial charge on any atom is 0.275 e. The first-order valence-corrected chi connectivity index (χ1v) is 6.33. The quantitative estimate of drug-likeness (QED) is 0.630. The summed E-state index contributed by atoms with van der Waals surface area (Å²) in [7, 11) is 1.50. The Morgan fingerprint density at radius 2 is 2.00 bits per heavy atom. The molecule has 5 nitrogen and oxygen atoms in total. The number of benzene rings is 1. The average molecular weight is 266 g/mol. The SMILES string of the molecule is COc1cc(NCC(C)(C)C(C)C)cc([N+](=O)[O-])c1. The number of rotatable bonds is 6. The number of nitro groups is 1. The lowest BCUT2D eigenvalue weighted by Crippen LogP contribution is -2.28. The Balaban J connectivity index is 2.89. The summed E-state index contributed by atoms with van der Waals surface area (Å²) in [5.74, 6) is 1.000. The number of hydrogen-bond acceptors (Lipinski definition) is 4. The van der Waals surface area contributed by atoms with Crippen molar-refractivity contribution in [2.75, 3.05) is 19.0 Å². The van der Waals surface area contributed by atoms with Gasteiger partial charge in [0, 0.05) is 24.4 Å². The van der Waals surface area contributed by atoms with Crippen LogP contribution < -0.4 is 10.1 Å². The lowest BCUT2D eigenvalue weighted by Gasteiger charge is -2.29. The van der Waals surface area contributed by atoms with Crippen LogP contribution in [-0.2, 0) is 0 Å². The van der Waals surface area contributed by atoms with Crippen LogP contribution in [0.5, 0.6) is 5.75 Å². The van der Waals surface area contributed by atoms with Crippen LogP contribution in [0.4, 0.5) is 11.4 Å². The molecular formula is C14H22N2O3. The molecule has 0 fully saturated rings. The molecular weight excluding hydrogens is 244 g/mol. The molecule has 0 aliphatic carbocycles. The van der Waals surface area contributed by atoms with Gasteiger partial charge in [-0.1, -0.05) is 27.7 Å². The summed E-state index contributed by atoms with van der Waals surface area (Å²) in [6, 6.07) is 4.71. The van der Waals surface area contributed by atoms with Crippen molar-refractivity contribution in [3.63, 3.8) is 0 Å². The topological polar surface area (TPSA) is 64.4 Å². The van der Waals surface area contributed by atoms with Gasteiger partial charge in [-0.25, -0.2) is 0 Å². The molecule has 0 amide bonds. The molecule has 0 aromatic heterocycles. The van der Waals surface area contributed by atoms with E-state index in [2.05, 4.69) is 33.0 Å². The highest BCUT2D eigenvalue weighted by Crippen LogP contribution is 2.29. The number of nitro benzene ring substituents is 1. The summed E-state index contributed by atoms with van der Waals surface area (Å²) in [5, 5.41) is 14.1. The molecule has 0 bridgehead atoms. The molecule has 0 aliphatic rings. The normalized spacial score (nSPS) is 11.5. The fraction of sp³-hybridized carbons (Fsp3) is 0.571. The third-order valence-corrected chi connectivity index (χ3v) is 3.65. The van der Waals surface area contributed by atoms with E-state index in [-0.39, 0.29) is 11.1 Å². The number of non-ortho nitro benzene ring substituents is 1. The van der Waals surface area contributed by atoms with Crippen LogP contribution in [0.1, 0.15) is 27.7 Å². The van der Waals surface area contributed by atoms with Gasteiger partial charge in [-0.3, -0.25) is 10.1 Å². The minimum atomic E-state index is -0.415. The van der Waals surface area contributed by atoms with Gasteiger partial charge in [0.1, 0.15) is 5.75 Å². The fourth-order valence-electron chi connectivity index (χ4n) is 1.44. The maximum atomic E-state index is 10.9. The molecule has 0 spiro atoms. The van der Waals surface area contributed by atoms with E-state index >= 15 is 0 Å². The zero-order valence-corrected chi connectivity index (χ0v) is 12.2. The summed E-state index contributed by atoms with van der Waals surface area (Å²) in [6.07, 6.45) is 0.